The summed E-state index contributed by atoms with van der Waals surface area (Å²) >= 11 is 5.89. The smallest absolute Gasteiger partial charge is 0.182 e. The number of sulfone groups is 1. The van der Waals surface area contributed by atoms with E-state index < -0.39 is 9.84 Å². The highest BCUT2D eigenvalue weighted by atomic mass is 35.5. The molecule has 0 N–H and O–H groups in total. The fourth-order valence-corrected chi connectivity index (χ4v) is 5.66. The summed E-state index contributed by atoms with van der Waals surface area (Å²) in [6.45, 7) is 4.30. The summed E-state index contributed by atoms with van der Waals surface area (Å²) in [4.78, 5) is 2.37. The summed E-state index contributed by atoms with van der Waals surface area (Å²) in [7, 11) is 0.639. The topological polar surface area (TPSA) is 53.0 Å². The van der Waals surface area contributed by atoms with Crippen molar-refractivity contribution in [1.82, 2.24) is 5.01 Å². The Bertz CT molecular complexity index is 1270. The first-order valence-electron chi connectivity index (χ1n) is 11.3. The molecule has 0 aromatic heterocycles. The number of hydrazone groups is 1. The van der Waals surface area contributed by atoms with Gasteiger partial charge in [-0.05, 0) is 66.9 Å². The second-order valence-electron chi connectivity index (χ2n) is 9.14. The van der Waals surface area contributed by atoms with Gasteiger partial charge in [-0.3, -0.25) is 5.01 Å². The SMILES string of the molecule is CC(C)N1N=C(c2ccc(CS(=O)(=O)c3ccc(Cl)cc3)cc2)CC1c1ccc(N(C)C)cc1. The molecule has 4 rings (SSSR count). The van der Waals surface area contributed by atoms with E-state index in [1.807, 2.05) is 38.4 Å². The second kappa shape index (κ2) is 9.80. The largest absolute Gasteiger partial charge is 0.378 e. The Hall–Kier alpha value is -2.83. The lowest BCUT2D eigenvalue weighted by Gasteiger charge is -2.28. The molecule has 0 bridgehead atoms. The molecule has 0 saturated heterocycles. The number of nitrogens with zero attached hydrogens (tertiary/aromatic N) is 3. The Kier molecular flexibility index (Phi) is 7.01. The third-order valence-electron chi connectivity index (χ3n) is 6.08. The number of hydrogen-bond acceptors (Lipinski definition) is 5. The molecule has 5 nitrogen and oxygen atoms in total. The first kappa shape index (κ1) is 24.3. The van der Waals surface area contributed by atoms with E-state index in [0.29, 0.717) is 5.02 Å². The van der Waals surface area contributed by atoms with Crippen molar-refractivity contribution in [3.8, 4) is 0 Å². The lowest BCUT2D eigenvalue weighted by atomic mass is 9.97. The Morgan fingerprint density at radius 2 is 1.59 bits per heavy atom. The maximum Gasteiger partial charge on any atom is 0.182 e. The van der Waals surface area contributed by atoms with Gasteiger partial charge in [0.2, 0.25) is 0 Å². The zero-order valence-corrected chi connectivity index (χ0v) is 21.5. The minimum absolute atomic E-state index is 0.0552. The van der Waals surface area contributed by atoms with Crippen molar-refractivity contribution in [2.75, 3.05) is 19.0 Å². The molecule has 7 heteroatoms. The molecule has 3 aromatic rings. The lowest BCUT2D eigenvalue weighted by Crippen LogP contribution is -2.26. The Morgan fingerprint density at radius 1 is 0.971 bits per heavy atom. The van der Waals surface area contributed by atoms with Gasteiger partial charge in [0.15, 0.2) is 9.84 Å². The molecule has 34 heavy (non-hydrogen) atoms. The molecule has 0 aliphatic carbocycles. The van der Waals surface area contributed by atoms with Crippen LogP contribution in [0, 0.1) is 0 Å². The highest BCUT2D eigenvalue weighted by Crippen LogP contribution is 2.35. The van der Waals surface area contributed by atoms with Crippen molar-refractivity contribution in [3.05, 3.63) is 94.5 Å². The van der Waals surface area contributed by atoms with Crippen LogP contribution in [0.3, 0.4) is 0 Å². The van der Waals surface area contributed by atoms with E-state index in [9.17, 15) is 8.42 Å². The van der Waals surface area contributed by atoms with Gasteiger partial charge in [-0.1, -0.05) is 48.0 Å². The van der Waals surface area contributed by atoms with Crippen molar-refractivity contribution in [3.63, 3.8) is 0 Å². The molecule has 3 aromatic carbocycles. The van der Waals surface area contributed by atoms with E-state index >= 15 is 0 Å². The maximum absolute atomic E-state index is 12.8. The monoisotopic (exact) mass is 495 g/mol. The predicted octanol–water partition coefficient (Wildman–Crippen LogP) is 5.94. The summed E-state index contributed by atoms with van der Waals surface area (Å²) in [6.07, 6.45) is 0.807. The van der Waals surface area contributed by atoms with E-state index in [2.05, 4.69) is 48.0 Å². The van der Waals surface area contributed by atoms with Crippen LogP contribution in [-0.2, 0) is 15.6 Å². The minimum atomic E-state index is -3.44. The average Bonchev–Trinajstić information content (AvgIpc) is 3.25. The Labute approximate surface area is 207 Å². The van der Waals surface area contributed by atoms with Gasteiger partial charge in [0.05, 0.1) is 22.4 Å². The van der Waals surface area contributed by atoms with Crippen molar-refractivity contribution in [2.45, 2.75) is 43.0 Å². The van der Waals surface area contributed by atoms with Crippen LogP contribution in [0.15, 0.2) is 82.8 Å². The van der Waals surface area contributed by atoms with E-state index in [1.165, 1.54) is 11.3 Å². The van der Waals surface area contributed by atoms with Gasteiger partial charge in [-0.25, -0.2) is 8.42 Å². The molecule has 1 aliphatic heterocycles. The van der Waals surface area contributed by atoms with E-state index in [1.54, 1.807) is 24.3 Å². The molecule has 1 unspecified atom stereocenters. The quantitative estimate of drug-likeness (QED) is 0.407. The number of benzene rings is 3. The lowest BCUT2D eigenvalue weighted by molar-refractivity contribution is 0.184. The van der Waals surface area contributed by atoms with Gasteiger partial charge < -0.3 is 4.90 Å². The molecule has 0 fully saturated rings. The fourth-order valence-electron chi connectivity index (χ4n) is 4.18. The van der Waals surface area contributed by atoms with Crippen LogP contribution in [0.25, 0.3) is 0 Å². The Balaban J connectivity index is 1.51. The van der Waals surface area contributed by atoms with Crippen LogP contribution in [0.1, 0.15) is 43.0 Å². The normalized spacial score (nSPS) is 16.1. The molecular formula is C27H30ClN3O2S. The van der Waals surface area contributed by atoms with Gasteiger partial charge in [0, 0.05) is 37.3 Å². The number of halogens is 1. The zero-order valence-electron chi connectivity index (χ0n) is 19.9. The van der Waals surface area contributed by atoms with Crippen molar-refractivity contribution < 1.29 is 8.42 Å². The van der Waals surface area contributed by atoms with Gasteiger partial charge in [-0.15, -0.1) is 0 Å². The van der Waals surface area contributed by atoms with Crippen molar-refractivity contribution in [2.24, 2.45) is 5.10 Å². The van der Waals surface area contributed by atoms with Gasteiger partial charge in [-0.2, -0.15) is 5.10 Å². The van der Waals surface area contributed by atoms with E-state index in [4.69, 9.17) is 16.7 Å². The van der Waals surface area contributed by atoms with Gasteiger partial charge in [0.25, 0.3) is 0 Å². The Morgan fingerprint density at radius 3 is 2.15 bits per heavy atom. The number of hydrogen-bond donors (Lipinski definition) is 0. The van der Waals surface area contributed by atoms with Crippen LogP contribution in [0.5, 0.6) is 0 Å². The van der Waals surface area contributed by atoms with Crippen LogP contribution in [-0.4, -0.2) is 39.3 Å². The number of rotatable bonds is 7. The molecule has 0 amide bonds. The molecule has 0 spiro atoms. The summed E-state index contributed by atoms with van der Waals surface area (Å²) in [5, 5.41) is 7.62. The van der Waals surface area contributed by atoms with Crippen LogP contribution >= 0.6 is 11.6 Å². The molecular weight excluding hydrogens is 466 g/mol. The molecule has 1 atom stereocenters. The van der Waals surface area contributed by atoms with Crippen LogP contribution in [0.2, 0.25) is 5.02 Å². The van der Waals surface area contributed by atoms with E-state index in [-0.39, 0.29) is 22.7 Å². The van der Waals surface area contributed by atoms with Gasteiger partial charge >= 0.3 is 0 Å². The van der Waals surface area contributed by atoms with Gasteiger partial charge in [0.1, 0.15) is 0 Å². The average molecular weight is 496 g/mol. The zero-order chi connectivity index (χ0) is 24.5. The molecule has 0 radical (unpaired) electrons. The van der Waals surface area contributed by atoms with Crippen LogP contribution in [0.4, 0.5) is 5.69 Å². The fraction of sp³-hybridized carbons (Fsp3) is 0.296. The maximum atomic E-state index is 12.8. The molecule has 178 valence electrons. The first-order valence-corrected chi connectivity index (χ1v) is 13.4. The summed E-state index contributed by atoms with van der Waals surface area (Å²) < 4.78 is 25.5. The summed E-state index contributed by atoms with van der Waals surface area (Å²) in [6, 6.07) is 23.1. The first-order chi connectivity index (χ1) is 16.1. The summed E-state index contributed by atoms with van der Waals surface area (Å²) in [5.74, 6) is -0.0552. The second-order valence-corrected chi connectivity index (χ2v) is 11.6. The third-order valence-corrected chi connectivity index (χ3v) is 8.04. The van der Waals surface area contributed by atoms with Crippen molar-refractivity contribution >= 4 is 32.8 Å². The highest BCUT2D eigenvalue weighted by molar-refractivity contribution is 7.90. The standard InChI is InChI=1S/C27H30ClN3O2S/c1-19(2)31-27(22-9-13-24(14-10-22)30(3)4)17-26(29-31)21-7-5-20(6-8-21)18-34(32,33)25-15-11-23(28)12-16-25/h5-16,19,27H,17-18H2,1-4H3. The van der Waals surface area contributed by atoms with Crippen molar-refractivity contribution in [1.29, 1.82) is 0 Å². The molecule has 0 saturated carbocycles. The molecule has 1 aliphatic rings. The summed E-state index contributed by atoms with van der Waals surface area (Å²) in [5.41, 5.74) is 5.19. The minimum Gasteiger partial charge on any atom is -0.378 e. The third kappa shape index (κ3) is 5.29. The predicted molar refractivity (Wildman–Crippen MR) is 140 cm³/mol. The number of anilines is 1. The molecule has 1 heterocycles. The highest BCUT2D eigenvalue weighted by Gasteiger charge is 2.30. The van der Waals surface area contributed by atoms with E-state index in [0.717, 1.165) is 23.3 Å². The van der Waals surface area contributed by atoms with Crippen LogP contribution < -0.4 is 4.90 Å².